The van der Waals surface area contributed by atoms with Gasteiger partial charge in [0.1, 0.15) is 11.6 Å². The summed E-state index contributed by atoms with van der Waals surface area (Å²) in [6.45, 7) is 1.94. The normalized spacial score (nSPS) is 10.4. The van der Waals surface area contributed by atoms with Gasteiger partial charge in [-0.25, -0.2) is 4.98 Å². The molecule has 1 heterocycles. The molecular formula is C19H20N4O2. The number of aliphatic hydroxyl groups is 1. The van der Waals surface area contributed by atoms with E-state index in [0.29, 0.717) is 11.8 Å². The highest BCUT2D eigenvalue weighted by Gasteiger charge is 2.04. The first-order valence-electron chi connectivity index (χ1n) is 7.90. The van der Waals surface area contributed by atoms with Gasteiger partial charge in [0.2, 0.25) is 5.95 Å². The van der Waals surface area contributed by atoms with Crippen LogP contribution in [0.25, 0.3) is 0 Å². The van der Waals surface area contributed by atoms with E-state index in [1.165, 1.54) is 0 Å². The molecule has 0 unspecified atom stereocenters. The van der Waals surface area contributed by atoms with Gasteiger partial charge in [-0.1, -0.05) is 12.1 Å². The van der Waals surface area contributed by atoms with Crippen molar-refractivity contribution in [1.29, 1.82) is 0 Å². The molecule has 128 valence electrons. The van der Waals surface area contributed by atoms with Crippen LogP contribution >= 0.6 is 0 Å². The third-order valence-electron chi connectivity index (χ3n) is 3.61. The maximum absolute atomic E-state index is 9.10. The molecule has 0 aliphatic heterocycles. The lowest BCUT2D eigenvalue weighted by atomic mass is 10.2. The number of nitrogens with one attached hydrogen (secondary N) is 2. The van der Waals surface area contributed by atoms with Crippen molar-refractivity contribution >= 4 is 23.1 Å². The fraction of sp³-hybridized carbons (Fsp3) is 0.158. The van der Waals surface area contributed by atoms with Crippen molar-refractivity contribution < 1.29 is 9.84 Å². The van der Waals surface area contributed by atoms with Crippen LogP contribution < -0.4 is 15.4 Å². The summed E-state index contributed by atoms with van der Waals surface area (Å²) in [5.41, 5.74) is 3.48. The van der Waals surface area contributed by atoms with Crippen LogP contribution in [0.15, 0.2) is 54.6 Å². The molecule has 25 heavy (non-hydrogen) atoms. The molecule has 0 saturated carbocycles. The number of aryl methyl sites for hydroxylation is 1. The Balaban J connectivity index is 1.76. The zero-order chi connectivity index (χ0) is 17.6. The molecule has 0 fully saturated rings. The summed E-state index contributed by atoms with van der Waals surface area (Å²) >= 11 is 0. The van der Waals surface area contributed by atoms with Crippen LogP contribution in [0.3, 0.4) is 0 Å². The van der Waals surface area contributed by atoms with E-state index in [1.54, 1.807) is 7.11 Å². The Hall–Kier alpha value is -3.12. The first kappa shape index (κ1) is 16.7. The lowest BCUT2D eigenvalue weighted by molar-refractivity contribution is 0.282. The van der Waals surface area contributed by atoms with Crippen LogP contribution in [0, 0.1) is 6.92 Å². The SMILES string of the molecule is COc1ccc(Nc2cc(C)nc(Nc3ccc(CO)cc3)n2)cc1. The first-order valence-corrected chi connectivity index (χ1v) is 7.90. The average Bonchev–Trinajstić information content (AvgIpc) is 2.62. The quantitative estimate of drug-likeness (QED) is 0.636. The number of benzene rings is 2. The molecule has 6 nitrogen and oxygen atoms in total. The zero-order valence-electron chi connectivity index (χ0n) is 14.2. The molecule has 0 saturated heterocycles. The van der Waals surface area contributed by atoms with Crippen LogP contribution in [-0.4, -0.2) is 22.2 Å². The minimum absolute atomic E-state index is 0.0250. The molecule has 2 aromatic carbocycles. The minimum atomic E-state index is 0.0250. The van der Waals surface area contributed by atoms with Crippen molar-refractivity contribution in [3.63, 3.8) is 0 Å². The van der Waals surface area contributed by atoms with E-state index < -0.39 is 0 Å². The molecule has 3 N–H and O–H groups in total. The average molecular weight is 336 g/mol. The largest absolute Gasteiger partial charge is 0.497 e. The Bertz CT molecular complexity index is 765. The molecule has 0 radical (unpaired) electrons. The summed E-state index contributed by atoms with van der Waals surface area (Å²) in [6.07, 6.45) is 0. The molecule has 0 aliphatic rings. The molecule has 3 aromatic rings. The van der Waals surface area contributed by atoms with Crippen LogP contribution in [-0.2, 0) is 6.61 Å². The highest BCUT2D eigenvalue weighted by Crippen LogP contribution is 2.21. The molecule has 3 rings (SSSR count). The maximum atomic E-state index is 9.10. The summed E-state index contributed by atoms with van der Waals surface area (Å²) in [5.74, 6) is 2.01. The monoisotopic (exact) mass is 336 g/mol. The van der Waals surface area contributed by atoms with E-state index >= 15 is 0 Å². The van der Waals surface area contributed by atoms with Gasteiger partial charge in [0.05, 0.1) is 13.7 Å². The summed E-state index contributed by atoms with van der Waals surface area (Å²) in [4.78, 5) is 8.90. The number of methoxy groups -OCH3 is 1. The van der Waals surface area contributed by atoms with Crippen molar-refractivity contribution in [1.82, 2.24) is 9.97 Å². The fourth-order valence-corrected chi connectivity index (χ4v) is 2.33. The van der Waals surface area contributed by atoms with Gasteiger partial charge in [0.25, 0.3) is 0 Å². The number of aliphatic hydroxyl groups excluding tert-OH is 1. The van der Waals surface area contributed by atoms with E-state index in [1.807, 2.05) is 61.5 Å². The molecule has 0 amide bonds. The topological polar surface area (TPSA) is 79.3 Å². The van der Waals surface area contributed by atoms with Gasteiger partial charge < -0.3 is 20.5 Å². The summed E-state index contributed by atoms with van der Waals surface area (Å²) in [7, 11) is 1.64. The molecule has 6 heteroatoms. The third-order valence-corrected chi connectivity index (χ3v) is 3.61. The van der Waals surface area contributed by atoms with Crippen molar-refractivity contribution in [2.45, 2.75) is 13.5 Å². The van der Waals surface area contributed by atoms with E-state index in [0.717, 1.165) is 28.4 Å². The molecular weight excluding hydrogens is 316 g/mol. The standard InChI is InChI=1S/C19H20N4O2/c1-13-11-18(21-15-7-9-17(25-2)10-8-15)23-19(20-13)22-16-5-3-14(12-24)4-6-16/h3-11,24H,12H2,1-2H3,(H2,20,21,22,23). The molecule has 0 aliphatic carbocycles. The van der Waals surface area contributed by atoms with Crippen molar-refractivity contribution in [2.75, 3.05) is 17.7 Å². The summed E-state index contributed by atoms with van der Waals surface area (Å²) in [5, 5.41) is 15.5. The van der Waals surface area contributed by atoms with Crippen LogP contribution in [0.1, 0.15) is 11.3 Å². The Kier molecular flexibility index (Phi) is 5.11. The van der Waals surface area contributed by atoms with Gasteiger partial charge in [0, 0.05) is 23.1 Å². The van der Waals surface area contributed by atoms with Crippen molar-refractivity contribution in [3.05, 3.63) is 65.9 Å². The van der Waals surface area contributed by atoms with Gasteiger partial charge in [-0.15, -0.1) is 0 Å². The Labute approximate surface area is 146 Å². The number of aromatic nitrogens is 2. The number of ether oxygens (including phenoxy) is 1. The second-order valence-electron chi connectivity index (χ2n) is 5.55. The predicted molar refractivity (Wildman–Crippen MR) is 98.7 cm³/mol. The van der Waals surface area contributed by atoms with Crippen molar-refractivity contribution in [2.24, 2.45) is 0 Å². The van der Waals surface area contributed by atoms with Crippen LogP contribution in [0.5, 0.6) is 5.75 Å². The lowest BCUT2D eigenvalue weighted by Gasteiger charge is -2.10. The minimum Gasteiger partial charge on any atom is -0.497 e. The summed E-state index contributed by atoms with van der Waals surface area (Å²) in [6, 6.07) is 17.0. The van der Waals surface area contributed by atoms with Gasteiger partial charge >= 0.3 is 0 Å². The number of rotatable bonds is 6. The Morgan fingerprint density at radius 2 is 1.56 bits per heavy atom. The lowest BCUT2D eigenvalue weighted by Crippen LogP contribution is -2.02. The van der Waals surface area contributed by atoms with E-state index in [2.05, 4.69) is 20.6 Å². The Morgan fingerprint density at radius 1 is 0.920 bits per heavy atom. The van der Waals surface area contributed by atoms with Crippen LogP contribution in [0.4, 0.5) is 23.1 Å². The van der Waals surface area contributed by atoms with Gasteiger partial charge in [0.15, 0.2) is 0 Å². The molecule has 1 aromatic heterocycles. The summed E-state index contributed by atoms with van der Waals surface area (Å²) < 4.78 is 5.16. The number of nitrogens with zero attached hydrogens (tertiary/aromatic N) is 2. The van der Waals surface area contributed by atoms with Gasteiger partial charge in [-0.3, -0.25) is 0 Å². The number of hydrogen-bond acceptors (Lipinski definition) is 6. The van der Waals surface area contributed by atoms with Gasteiger partial charge in [-0.05, 0) is 48.9 Å². The smallest absolute Gasteiger partial charge is 0.229 e. The van der Waals surface area contributed by atoms with E-state index in [9.17, 15) is 0 Å². The highest BCUT2D eigenvalue weighted by atomic mass is 16.5. The molecule has 0 bridgehead atoms. The fourth-order valence-electron chi connectivity index (χ4n) is 2.33. The van der Waals surface area contributed by atoms with E-state index in [4.69, 9.17) is 9.84 Å². The highest BCUT2D eigenvalue weighted by molar-refractivity contribution is 5.60. The molecule has 0 spiro atoms. The second-order valence-corrected chi connectivity index (χ2v) is 5.55. The Morgan fingerprint density at radius 3 is 2.20 bits per heavy atom. The maximum Gasteiger partial charge on any atom is 0.229 e. The van der Waals surface area contributed by atoms with Crippen LogP contribution in [0.2, 0.25) is 0 Å². The third kappa shape index (κ3) is 4.45. The molecule has 0 atom stereocenters. The second kappa shape index (κ2) is 7.63. The number of anilines is 4. The van der Waals surface area contributed by atoms with Gasteiger partial charge in [-0.2, -0.15) is 4.98 Å². The van der Waals surface area contributed by atoms with E-state index in [-0.39, 0.29) is 6.61 Å². The zero-order valence-corrected chi connectivity index (χ0v) is 14.2. The first-order chi connectivity index (χ1) is 12.2. The predicted octanol–water partition coefficient (Wildman–Crippen LogP) is 3.77. The number of hydrogen-bond donors (Lipinski definition) is 3. The van der Waals surface area contributed by atoms with Crippen molar-refractivity contribution in [3.8, 4) is 5.75 Å².